The molecule has 0 spiro atoms. The zero-order valence-corrected chi connectivity index (χ0v) is 7.75. The van der Waals surface area contributed by atoms with Crippen LogP contribution in [0.25, 0.3) is 0 Å². The third-order valence-corrected chi connectivity index (χ3v) is 2.44. The SMILES string of the molecule is CCCC1(O)CN(C(C)C#N)C1. The van der Waals surface area contributed by atoms with Crippen LogP contribution >= 0.6 is 0 Å². The van der Waals surface area contributed by atoms with Gasteiger partial charge in [-0.25, -0.2) is 0 Å². The number of rotatable bonds is 3. The van der Waals surface area contributed by atoms with Crippen LogP contribution < -0.4 is 0 Å². The highest BCUT2D eigenvalue weighted by molar-refractivity contribution is 5.02. The van der Waals surface area contributed by atoms with Gasteiger partial charge in [-0.3, -0.25) is 4.90 Å². The molecule has 0 amide bonds. The molecule has 1 aliphatic rings. The van der Waals surface area contributed by atoms with E-state index in [4.69, 9.17) is 5.26 Å². The Balaban J connectivity index is 2.32. The summed E-state index contributed by atoms with van der Waals surface area (Å²) in [6.45, 7) is 5.25. The second-order valence-electron chi connectivity index (χ2n) is 3.68. The first-order valence-corrected chi connectivity index (χ1v) is 4.47. The molecule has 1 N–H and O–H groups in total. The van der Waals surface area contributed by atoms with Crippen LogP contribution in [0.2, 0.25) is 0 Å². The van der Waals surface area contributed by atoms with E-state index in [1.165, 1.54) is 0 Å². The monoisotopic (exact) mass is 168 g/mol. The van der Waals surface area contributed by atoms with Crippen molar-refractivity contribution in [2.75, 3.05) is 13.1 Å². The molecule has 1 heterocycles. The van der Waals surface area contributed by atoms with Crippen molar-refractivity contribution in [3.8, 4) is 6.07 Å². The van der Waals surface area contributed by atoms with Gasteiger partial charge in [0.05, 0.1) is 17.7 Å². The summed E-state index contributed by atoms with van der Waals surface area (Å²) in [6, 6.07) is 2.11. The lowest BCUT2D eigenvalue weighted by Crippen LogP contribution is -2.63. The molecule has 1 fully saturated rings. The molecule has 12 heavy (non-hydrogen) atoms. The van der Waals surface area contributed by atoms with E-state index in [0.29, 0.717) is 13.1 Å². The Morgan fingerprint density at radius 2 is 2.25 bits per heavy atom. The zero-order valence-electron chi connectivity index (χ0n) is 7.75. The van der Waals surface area contributed by atoms with E-state index >= 15 is 0 Å². The van der Waals surface area contributed by atoms with E-state index in [0.717, 1.165) is 12.8 Å². The predicted octanol–water partition coefficient (Wildman–Crippen LogP) is 0.745. The molecule has 0 aromatic carbocycles. The van der Waals surface area contributed by atoms with E-state index < -0.39 is 5.60 Å². The minimum absolute atomic E-state index is 0.0536. The summed E-state index contributed by atoms with van der Waals surface area (Å²) < 4.78 is 0. The highest BCUT2D eigenvalue weighted by Crippen LogP contribution is 2.26. The minimum atomic E-state index is -0.500. The van der Waals surface area contributed by atoms with Crippen molar-refractivity contribution in [1.29, 1.82) is 5.26 Å². The molecule has 1 atom stereocenters. The Labute approximate surface area is 73.6 Å². The molecule has 0 bridgehead atoms. The topological polar surface area (TPSA) is 47.3 Å². The van der Waals surface area contributed by atoms with Gasteiger partial charge in [0, 0.05) is 13.1 Å². The lowest BCUT2D eigenvalue weighted by Gasteiger charge is -2.47. The number of nitriles is 1. The maximum atomic E-state index is 9.77. The first-order chi connectivity index (χ1) is 5.61. The van der Waals surface area contributed by atoms with E-state index in [9.17, 15) is 5.11 Å². The Morgan fingerprint density at radius 1 is 1.67 bits per heavy atom. The van der Waals surface area contributed by atoms with E-state index in [2.05, 4.69) is 13.0 Å². The average molecular weight is 168 g/mol. The van der Waals surface area contributed by atoms with Crippen LogP contribution in [0.15, 0.2) is 0 Å². The summed E-state index contributed by atoms with van der Waals surface area (Å²) in [5.74, 6) is 0. The van der Waals surface area contributed by atoms with Gasteiger partial charge in [0.2, 0.25) is 0 Å². The molecule has 0 aromatic rings. The molecular weight excluding hydrogens is 152 g/mol. The quantitative estimate of drug-likeness (QED) is 0.676. The fourth-order valence-corrected chi connectivity index (χ4v) is 1.69. The van der Waals surface area contributed by atoms with Crippen LogP contribution in [-0.2, 0) is 0 Å². The number of β-amino-alcohol motifs (C(OH)–C–C–N with tert-alkyl or cyclic N) is 1. The van der Waals surface area contributed by atoms with Crippen LogP contribution in [0.1, 0.15) is 26.7 Å². The molecule has 3 heteroatoms. The van der Waals surface area contributed by atoms with Crippen LogP contribution in [0, 0.1) is 11.3 Å². The van der Waals surface area contributed by atoms with E-state index in [-0.39, 0.29) is 6.04 Å². The maximum Gasteiger partial charge on any atom is 0.0951 e. The highest BCUT2D eigenvalue weighted by Gasteiger charge is 2.41. The van der Waals surface area contributed by atoms with Gasteiger partial charge in [-0.05, 0) is 13.3 Å². The largest absolute Gasteiger partial charge is 0.387 e. The molecular formula is C9H16N2O. The number of hydrogen-bond donors (Lipinski definition) is 1. The molecule has 0 aliphatic carbocycles. The Kier molecular flexibility index (Phi) is 2.71. The first-order valence-electron chi connectivity index (χ1n) is 4.47. The molecule has 1 rings (SSSR count). The molecule has 1 unspecified atom stereocenters. The van der Waals surface area contributed by atoms with Gasteiger partial charge < -0.3 is 5.11 Å². The fraction of sp³-hybridized carbons (Fsp3) is 0.889. The van der Waals surface area contributed by atoms with Gasteiger partial charge in [0.1, 0.15) is 0 Å². The zero-order chi connectivity index (χ0) is 9.19. The number of nitrogens with zero attached hydrogens (tertiary/aromatic N) is 2. The summed E-state index contributed by atoms with van der Waals surface area (Å²) in [6.07, 6.45) is 1.85. The van der Waals surface area contributed by atoms with Gasteiger partial charge in [-0.1, -0.05) is 13.3 Å². The average Bonchev–Trinajstić information content (AvgIpc) is 1.99. The van der Waals surface area contributed by atoms with Gasteiger partial charge in [0.15, 0.2) is 0 Å². The van der Waals surface area contributed by atoms with Crippen molar-refractivity contribution >= 4 is 0 Å². The summed E-state index contributed by atoms with van der Waals surface area (Å²) in [7, 11) is 0. The Bertz CT molecular complexity index is 191. The predicted molar refractivity (Wildman–Crippen MR) is 46.5 cm³/mol. The van der Waals surface area contributed by atoms with E-state index in [1.54, 1.807) is 0 Å². The fourth-order valence-electron chi connectivity index (χ4n) is 1.69. The molecule has 0 radical (unpaired) electrons. The lowest BCUT2D eigenvalue weighted by molar-refractivity contribution is -0.110. The van der Waals surface area contributed by atoms with Gasteiger partial charge in [-0.15, -0.1) is 0 Å². The van der Waals surface area contributed by atoms with Crippen LogP contribution in [0.4, 0.5) is 0 Å². The molecule has 1 saturated heterocycles. The minimum Gasteiger partial charge on any atom is -0.387 e. The van der Waals surface area contributed by atoms with Crippen molar-refractivity contribution in [3.63, 3.8) is 0 Å². The van der Waals surface area contributed by atoms with Crippen molar-refractivity contribution in [3.05, 3.63) is 0 Å². The van der Waals surface area contributed by atoms with Crippen LogP contribution in [-0.4, -0.2) is 34.7 Å². The van der Waals surface area contributed by atoms with Crippen molar-refractivity contribution < 1.29 is 5.11 Å². The standard InChI is InChI=1S/C9H16N2O/c1-3-4-9(12)6-11(7-9)8(2)5-10/h8,12H,3-4,6-7H2,1-2H3. The van der Waals surface area contributed by atoms with Crippen molar-refractivity contribution in [2.24, 2.45) is 0 Å². The third kappa shape index (κ3) is 1.77. The number of likely N-dealkylation sites (tertiary alicyclic amines) is 1. The normalized spacial score (nSPS) is 24.2. The van der Waals surface area contributed by atoms with Crippen LogP contribution in [0.5, 0.6) is 0 Å². The Hall–Kier alpha value is -0.590. The first kappa shape index (κ1) is 9.50. The molecule has 0 saturated carbocycles. The highest BCUT2D eigenvalue weighted by atomic mass is 16.3. The lowest BCUT2D eigenvalue weighted by atomic mass is 9.88. The second kappa shape index (κ2) is 3.42. The smallest absolute Gasteiger partial charge is 0.0951 e. The second-order valence-corrected chi connectivity index (χ2v) is 3.68. The van der Waals surface area contributed by atoms with Crippen molar-refractivity contribution in [1.82, 2.24) is 4.90 Å². The summed E-state index contributed by atoms with van der Waals surface area (Å²) in [5, 5.41) is 18.4. The number of aliphatic hydroxyl groups is 1. The van der Waals surface area contributed by atoms with Crippen molar-refractivity contribution in [2.45, 2.75) is 38.3 Å². The van der Waals surface area contributed by atoms with Crippen LogP contribution in [0.3, 0.4) is 0 Å². The molecule has 0 aromatic heterocycles. The third-order valence-electron chi connectivity index (χ3n) is 2.44. The number of hydrogen-bond acceptors (Lipinski definition) is 3. The van der Waals surface area contributed by atoms with Gasteiger partial charge in [-0.2, -0.15) is 5.26 Å². The molecule has 3 nitrogen and oxygen atoms in total. The Morgan fingerprint density at radius 3 is 2.67 bits per heavy atom. The molecule has 1 aliphatic heterocycles. The summed E-state index contributed by atoms with van der Waals surface area (Å²) in [5.41, 5.74) is -0.500. The van der Waals surface area contributed by atoms with E-state index in [1.807, 2.05) is 11.8 Å². The van der Waals surface area contributed by atoms with Gasteiger partial charge >= 0.3 is 0 Å². The summed E-state index contributed by atoms with van der Waals surface area (Å²) in [4.78, 5) is 2.00. The van der Waals surface area contributed by atoms with Gasteiger partial charge in [0.25, 0.3) is 0 Å². The summed E-state index contributed by atoms with van der Waals surface area (Å²) >= 11 is 0. The maximum absolute atomic E-state index is 9.77. The molecule has 68 valence electrons.